The molecule has 1 nitrogen and oxygen atoms in total. The lowest BCUT2D eigenvalue weighted by Crippen LogP contribution is -2.53. The third kappa shape index (κ3) is 3.42. The third-order valence-electron chi connectivity index (χ3n) is 9.99. The Bertz CT molecular complexity index is 751. The lowest BCUT2D eigenvalue weighted by molar-refractivity contribution is -0.131. The number of ether oxygens (including phenoxy) is 1. The summed E-state index contributed by atoms with van der Waals surface area (Å²) in [7, 11) is 0. The van der Waals surface area contributed by atoms with Crippen molar-refractivity contribution in [2.75, 3.05) is 0 Å². The van der Waals surface area contributed by atoms with E-state index in [0.29, 0.717) is 16.9 Å². The number of rotatable bonds is 3. The van der Waals surface area contributed by atoms with Crippen molar-refractivity contribution in [3.05, 3.63) is 47.5 Å². The van der Waals surface area contributed by atoms with Crippen molar-refractivity contribution < 1.29 is 4.74 Å². The minimum atomic E-state index is 0.472. The molecule has 158 valence electrons. The van der Waals surface area contributed by atoms with Crippen LogP contribution in [-0.2, 0) is 11.3 Å². The summed E-state index contributed by atoms with van der Waals surface area (Å²) in [6, 6.07) is 10.7. The van der Waals surface area contributed by atoms with E-state index in [9.17, 15) is 0 Å². The normalized spacial score (nSPS) is 45.5. The van der Waals surface area contributed by atoms with Gasteiger partial charge in [0.05, 0.1) is 12.7 Å². The van der Waals surface area contributed by atoms with Crippen LogP contribution in [0.15, 0.2) is 42.0 Å². The molecular formula is C28H40O. The highest BCUT2D eigenvalue weighted by atomic mass is 16.5. The fourth-order valence-electron chi connectivity index (χ4n) is 8.26. The molecule has 0 unspecified atom stereocenters. The van der Waals surface area contributed by atoms with E-state index in [4.69, 9.17) is 4.74 Å². The van der Waals surface area contributed by atoms with Gasteiger partial charge in [-0.25, -0.2) is 0 Å². The van der Waals surface area contributed by atoms with Crippen LogP contribution in [0.5, 0.6) is 0 Å². The van der Waals surface area contributed by atoms with E-state index in [0.717, 1.165) is 30.3 Å². The van der Waals surface area contributed by atoms with E-state index in [1.165, 1.54) is 63.4 Å². The zero-order chi connectivity index (χ0) is 20.1. The Morgan fingerprint density at radius 2 is 1.83 bits per heavy atom. The molecule has 5 rings (SSSR count). The van der Waals surface area contributed by atoms with Crippen LogP contribution in [0.25, 0.3) is 0 Å². The van der Waals surface area contributed by atoms with Crippen LogP contribution in [0.3, 0.4) is 0 Å². The summed E-state index contributed by atoms with van der Waals surface area (Å²) in [5.74, 6) is 3.78. The second-order valence-electron chi connectivity index (χ2n) is 11.4. The maximum absolute atomic E-state index is 6.41. The summed E-state index contributed by atoms with van der Waals surface area (Å²) in [5, 5.41) is 0. The molecule has 1 heteroatoms. The molecule has 4 fully saturated rings. The summed E-state index contributed by atoms with van der Waals surface area (Å²) in [4.78, 5) is 0. The van der Waals surface area contributed by atoms with Crippen molar-refractivity contribution in [1.29, 1.82) is 0 Å². The molecule has 1 aromatic rings. The smallest absolute Gasteiger partial charge is 0.0720 e. The molecule has 29 heavy (non-hydrogen) atoms. The minimum Gasteiger partial charge on any atom is -0.374 e. The number of allylic oxidation sites excluding steroid dienone is 2. The van der Waals surface area contributed by atoms with Gasteiger partial charge < -0.3 is 4.74 Å². The van der Waals surface area contributed by atoms with Crippen LogP contribution < -0.4 is 0 Å². The summed E-state index contributed by atoms with van der Waals surface area (Å²) in [6.07, 6.45) is 15.5. The Kier molecular flexibility index (Phi) is 5.18. The first-order chi connectivity index (χ1) is 14.0. The zero-order valence-corrected chi connectivity index (χ0v) is 18.8. The van der Waals surface area contributed by atoms with Crippen LogP contribution in [0.2, 0.25) is 0 Å². The Balaban J connectivity index is 1.27. The number of benzene rings is 1. The first-order valence-electron chi connectivity index (χ1n) is 12.3. The molecule has 0 spiro atoms. The van der Waals surface area contributed by atoms with Gasteiger partial charge in [0.1, 0.15) is 0 Å². The van der Waals surface area contributed by atoms with Gasteiger partial charge in [0, 0.05) is 0 Å². The molecule has 0 aliphatic heterocycles. The predicted octanol–water partition coefficient (Wildman–Crippen LogP) is 7.56. The second kappa shape index (κ2) is 7.56. The summed E-state index contributed by atoms with van der Waals surface area (Å²) >= 11 is 0. The maximum Gasteiger partial charge on any atom is 0.0720 e. The molecule has 0 N–H and O–H groups in total. The molecule has 0 saturated heterocycles. The highest BCUT2D eigenvalue weighted by Crippen LogP contribution is 2.67. The van der Waals surface area contributed by atoms with Gasteiger partial charge in [-0.1, -0.05) is 55.8 Å². The van der Waals surface area contributed by atoms with Gasteiger partial charge in [-0.15, -0.1) is 0 Å². The number of fused-ring (bicyclic) bond motifs is 5. The monoisotopic (exact) mass is 392 g/mol. The Morgan fingerprint density at radius 3 is 2.62 bits per heavy atom. The van der Waals surface area contributed by atoms with Crippen molar-refractivity contribution in [3.63, 3.8) is 0 Å². The Labute approximate surface area is 178 Å². The van der Waals surface area contributed by atoms with Crippen molar-refractivity contribution in [1.82, 2.24) is 0 Å². The van der Waals surface area contributed by atoms with Crippen LogP contribution in [0.1, 0.15) is 84.1 Å². The molecule has 4 saturated carbocycles. The summed E-state index contributed by atoms with van der Waals surface area (Å²) < 4.78 is 6.41. The highest BCUT2D eigenvalue weighted by Gasteiger charge is 2.58. The molecule has 4 aliphatic rings. The van der Waals surface area contributed by atoms with Crippen molar-refractivity contribution >= 4 is 0 Å². The molecule has 0 aromatic heterocycles. The molecule has 0 heterocycles. The highest BCUT2D eigenvalue weighted by molar-refractivity contribution is 5.19. The molecule has 4 aliphatic carbocycles. The third-order valence-corrected chi connectivity index (χ3v) is 9.99. The first-order valence-corrected chi connectivity index (χ1v) is 12.3. The average Bonchev–Trinajstić information content (AvgIpc) is 3.10. The lowest BCUT2D eigenvalue weighted by atomic mass is 9.45. The van der Waals surface area contributed by atoms with E-state index in [-0.39, 0.29) is 0 Å². The first kappa shape index (κ1) is 19.9. The molecule has 0 amide bonds. The predicted molar refractivity (Wildman–Crippen MR) is 121 cm³/mol. The Hall–Kier alpha value is -1.08. The van der Waals surface area contributed by atoms with Gasteiger partial charge in [0.15, 0.2) is 0 Å². The van der Waals surface area contributed by atoms with Crippen LogP contribution in [-0.4, -0.2) is 6.10 Å². The van der Waals surface area contributed by atoms with Gasteiger partial charge in [-0.3, -0.25) is 0 Å². The molecule has 0 bridgehead atoms. The van der Waals surface area contributed by atoms with Crippen LogP contribution in [0.4, 0.5) is 0 Å². The number of hydrogen-bond acceptors (Lipinski definition) is 1. The van der Waals surface area contributed by atoms with Gasteiger partial charge in [0.2, 0.25) is 0 Å². The van der Waals surface area contributed by atoms with Gasteiger partial charge in [0.25, 0.3) is 0 Å². The van der Waals surface area contributed by atoms with Crippen LogP contribution >= 0.6 is 0 Å². The van der Waals surface area contributed by atoms with Crippen molar-refractivity contribution in [2.24, 2.45) is 34.5 Å². The maximum atomic E-state index is 6.41. The van der Waals surface area contributed by atoms with E-state index >= 15 is 0 Å². The van der Waals surface area contributed by atoms with Gasteiger partial charge >= 0.3 is 0 Å². The fraction of sp³-hybridized carbons (Fsp3) is 0.714. The fourth-order valence-corrected chi connectivity index (χ4v) is 8.26. The van der Waals surface area contributed by atoms with E-state index in [1.54, 1.807) is 5.57 Å². The quantitative estimate of drug-likeness (QED) is 0.482. The van der Waals surface area contributed by atoms with Gasteiger partial charge in [-0.05, 0) is 105 Å². The standard InChI is InChI=1S/C28H40O/c1-4-20-16-26-24-11-10-22-17-23(29-19-21-8-6-5-7-9-21)12-15-28(22,3)25(24)13-14-27(26,2)18-20/h4-9,22-26H,10-19H2,1-3H3/t22-,23+,24+,25-,26-,27+,28-/m1/s1. The van der Waals surface area contributed by atoms with Crippen molar-refractivity contribution in [3.8, 4) is 0 Å². The molecule has 1 aromatic carbocycles. The lowest BCUT2D eigenvalue weighted by Gasteiger charge is -2.60. The largest absolute Gasteiger partial charge is 0.374 e. The van der Waals surface area contributed by atoms with Gasteiger partial charge in [-0.2, -0.15) is 0 Å². The second-order valence-corrected chi connectivity index (χ2v) is 11.4. The number of hydrogen-bond donors (Lipinski definition) is 0. The van der Waals surface area contributed by atoms with E-state index in [2.05, 4.69) is 57.2 Å². The molecule has 7 atom stereocenters. The molecular weight excluding hydrogens is 352 g/mol. The topological polar surface area (TPSA) is 9.23 Å². The molecule has 0 radical (unpaired) electrons. The summed E-state index contributed by atoms with van der Waals surface area (Å²) in [5.41, 5.74) is 4.23. The zero-order valence-electron chi connectivity index (χ0n) is 18.8. The van der Waals surface area contributed by atoms with Crippen molar-refractivity contribution in [2.45, 2.75) is 91.3 Å². The van der Waals surface area contributed by atoms with E-state index < -0.39 is 0 Å². The summed E-state index contributed by atoms with van der Waals surface area (Å²) in [6.45, 7) is 8.35. The average molecular weight is 393 g/mol. The SMILES string of the molecule is CC=C1C[C@@H]2[C@H]3CC[C@@H]4C[C@@H](OCc5ccccc5)CC[C@@]4(C)[C@@H]3CC[C@@]2(C)C1. The van der Waals surface area contributed by atoms with Crippen LogP contribution in [0, 0.1) is 34.5 Å². The Morgan fingerprint density at radius 1 is 1.00 bits per heavy atom. The van der Waals surface area contributed by atoms with E-state index in [1.807, 2.05) is 0 Å². The minimum absolute atomic E-state index is 0.472.